The maximum absolute atomic E-state index is 12.4. The highest BCUT2D eigenvalue weighted by Crippen LogP contribution is 2.20. The van der Waals surface area contributed by atoms with Gasteiger partial charge in [0.15, 0.2) is 0 Å². The zero-order valence-electron chi connectivity index (χ0n) is 13.2. The Bertz CT molecular complexity index is 715. The molecule has 1 aromatic heterocycles. The van der Waals surface area contributed by atoms with Gasteiger partial charge >= 0.3 is 0 Å². The SMILES string of the molecule is CC(=O)Nc1cccc(C(=O)Nc2c(C)cc(C)nc2C)c1. The van der Waals surface area contributed by atoms with Gasteiger partial charge in [-0.05, 0) is 50.6 Å². The summed E-state index contributed by atoms with van der Waals surface area (Å²) in [5.41, 5.74) is 4.46. The topological polar surface area (TPSA) is 71.1 Å². The zero-order valence-corrected chi connectivity index (χ0v) is 13.2. The fourth-order valence-corrected chi connectivity index (χ4v) is 2.34. The van der Waals surface area contributed by atoms with E-state index in [4.69, 9.17) is 0 Å². The Hall–Kier alpha value is -2.69. The molecule has 0 saturated heterocycles. The van der Waals surface area contributed by atoms with Gasteiger partial charge < -0.3 is 10.6 Å². The summed E-state index contributed by atoms with van der Waals surface area (Å²) < 4.78 is 0. The maximum Gasteiger partial charge on any atom is 0.255 e. The minimum absolute atomic E-state index is 0.174. The average Bonchev–Trinajstić information content (AvgIpc) is 2.42. The summed E-state index contributed by atoms with van der Waals surface area (Å²) in [7, 11) is 0. The molecular formula is C17H19N3O2. The van der Waals surface area contributed by atoms with Crippen LogP contribution in [0.25, 0.3) is 0 Å². The first kappa shape index (κ1) is 15.7. The van der Waals surface area contributed by atoms with Crippen LogP contribution in [-0.2, 0) is 4.79 Å². The summed E-state index contributed by atoms with van der Waals surface area (Å²) in [5, 5.41) is 5.55. The van der Waals surface area contributed by atoms with Crippen molar-refractivity contribution in [3.8, 4) is 0 Å². The monoisotopic (exact) mass is 297 g/mol. The molecule has 0 aliphatic heterocycles. The standard InChI is InChI=1S/C17H19N3O2/c1-10-8-11(2)18-12(3)16(10)20-17(22)14-6-5-7-15(9-14)19-13(4)21/h5-9H,1-4H3,(H,19,21)(H,20,22). The van der Waals surface area contributed by atoms with E-state index < -0.39 is 0 Å². The van der Waals surface area contributed by atoms with E-state index >= 15 is 0 Å². The van der Waals surface area contributed by atoms with E-state index in [1.807, 2.05) is 26.8 Å². The Morgan fingerprint density at radius 2 is 1.77 bits per heavy atom. The molecule has 1 aromatic carbocycles. The number of anilines is 2. The molecule has 0 spiro atoms. The molecule has 114 valence electrons. The number of rotatable bonds is 3. The number of hydrogen-bond acceptors (Lipinski definition) is 3. The number of pyridine rings is 1. The minimum atomic E-state index is -0.232. The molecule has 0 atom stereocenters. The smallest absolute Gasteiger partial charge is 0.255 e. The van der Waals surface area contributed by atoms with Gasteiger partial charge in [-0.1, -0.05) is 6.07 Å². The summed E-state index contributed by atoms with van der Waals surface area (Å²) >= 11 is 0. The lowest BCUT2D eigenvalue weighted by atomic mass is 10.1. The number of benzene rings is 1. The van der Waals surface area contributed by atoms with Crippen LogP contribution in [0.4, 0.5) is 11.4 Å². The summed E-state index contributed by atoms with van der Waals surface area (Å²) in [4.78, 5) is 27.8. The second-order valence-electron chi connectivity index (χ2n) is 5.26. The van der Waals surface area contributed by atoms with Crippen LogP contribution in [0.3, 0.4) is 0 Å². The lowest BCUT2D eigenvalue weighted by Crippen LogP contribution is -2.15. The minimum Gasteiger partial charge on any atom is -0.326 e. The first-order valence-electron chi connectivity index (χ1n) is 7.00. The summed E-state index contributed by atoms with van der Waals surface area (Å²) in [6, 6.07) is 8.74. The Morgan fingerprint density at radius 3 is 2.41 bits per heavy atom. The predicted molar refractivity (Wildman–Crippen MR) is 87.1 cm³/mol. The molecule has 22 heavy (non-hydrogen) atoms. The third kappa shape index (κ3) is 3.69. The fourth-order valence-electron chi connectivity index (χ4n) is 2.34. The van der Waals surface area contributed by atoms with Crippen molar-refractivity contribution in [3.63, 3.8) is 0 Å². The van der Waals surface area contributed by atoms with E-state index in [0.717, 1.165) is 22.6 Å². The van der Waals surface area contributed by atoms with Crippen molar-refractivity contribution >= 4 is 23.2 Å². The third-order valence-corrected chi connectivity index (χ3v) is 3.21. The van der Waals surface area contributed by atoms with Gasteiger partial charge in [0.25, 0.3) is 5.91 Å². The number of carbonyl (C=O) groups is 2. The largest absolute Gasteiger partial charge is 0.326 e. The van der Waals surface area contributed by atoms with Gasteiger partial charge in [-0.3, -0.25) is 14.6 Å². The molecule has 0 bridgehead atoms. The molecule has 0 saturated carbocycles. The number of nitrogens with one attached hydrogen (secondary N) is 2. The van der Waals surface area contributed by atoms with Gasteiger partial charge in [0.2, 0.25) is 5.91 Å². The molecule has 0 aliphatic carbocycles. The molecule has 5 nitrogen and oxygen atoms in total. The van der Waals surface area contributed by atoms with Crippen LogP contribution >= 0.6 is 0 Å². The fraction of sp³-hybridized carbons (Fsp3) is 0.235. The van der Waals surface area contributed by atoms with Crippen molar-refractivity contribution in [2.45, 2.75) is 27.7 Å². The zero-order chi connectivity index (χ0) is 16.3. The van der Waals surface area contributed by atoms with Crippen molar-refractivity contribution in [2.24, 2.45) is 0 Å². The van der Waals surface area contributed by atoms with Crippen LogP contribution in [0.5, 0.6) is 0 Å². The molecule has 0 fully saturated rings. The summed E-state index contributed by atoms with van der Waals surface area (Å²) in [5.74, 6) is -0.406. The molecule has 5 heteroatoms. The predicted octanol–water partition coefficient (Wildman–Crippen LogP) is 3.22. The highest BCUT2D eigenvalue weighted by molar-refractivity contribution is 6.05. The number of aromatic nitrogens is 1. The molecule has 0 aliphatic rings. The lowest BCUT2D eigenvalue weighted by molar-refractivity contribution is -0.114. The Kier molecular flexibility index (Phi) is 4.56. The van der Waals surface area contributed by atoms with Crippen LogP contribution < -0.4 is 10.6 Å². The number of amides is 2. The van der Waals surface area contributed by atoms with E-state index in [1.54, 1.807) is 24.3 Å². The van der Waals surface area contributed by atoms with E-state index in [2.05, 4.69) is 15.6 Å². The highest BCUT2D eigenvalue weighted by atomic mass is 16.2. The second kappa shape index (κ2) is 6.39. The van der Waals surface area contributed by atoms with Crippen molar-refractivity contribution < 1.29 is 9.59 Å². The van der Waals surface area contributed by atoms with E-state index in [0.29, 0.717) is 11.3 Å². The van der Waals surface area contributed by atoms with Gasteiger partial charge in [-0.25, -0.2) is 0 Å². The highest BCUT2D eigenvalue weighted by Gasteiger charge is 2.11. The Morgan fingerprint density at radius 1 is 1.05 bits per heavy atom. The number of carbonyl (C=O) groups excluding carboxylic acids is 2. The van der Waals surface area contributed by atoms with Crippen LogP contribution in [0.15, 0.2) is 30.3 Å². The molecule has 2 aromatic rings. The first-order valence-corrected chi connectivity index (χ1v) is 7.00. The van der Waals surface area contributed by atoms with E-state index in [1.165, 1.54) is 6.92 Å². The molecule has 1 heterocycles. The molecule has 2 N–H and O–H groups in total. The van der Waals surface area contributed by atoms with Crippen LogP contribution in [0.2, 0.25) is 0 Å². The maximum atomic E-state index is 12.4. The van der Waals surface area contributed by atoms with E-state index in [9.17, 15) is 9.59 Å². The summed E-state index contributed by atoms with van der Waals surface area (Å²) in [6.07, 6.45) is 0. The Balaban J connectivity index is 2.25. The van der Waals surface area contributed by atoms with Crippen molar-refractivity contribution in [1.29, 1.82) is 0 Å². The van der Waals surface area contributed by atoms with Gasteiger partial charge in [0.1, 0.15) is 0 Å². The number of aryl methyl sites for hydroxylation is 3. The second-order valence-corrected chi connectivity index (χ2v) is 5.26. The van der Waals surface area contributed by atoms with Crippen molar-refractivity contribution in [2.75, 3.05) is 10.6 Å². The van der Waals surface area contributed by atoms with E-state index in [-0.39, 0.29) is 11.8 Å². The Labute approximate surface area is 129 Å². The number of hydrogen-bond donors (Lipinski definition) is 2. The van der Waals surface area contributed by atoms with Gasteiger partial charge in [-0.2, -0.15) is 0 Å². The van der Waals surface area contributed by atoms with Gasteiger partial charge in [0, 0.05) is 23.9 Å². The number of nitrogens with zero attached hydrogens (tertiary/aromatic N) is 1. The molecule has 0 radical (unpaired) electrons. The third-order valence-electron chi connectivity index (χ3n) is 3.21. The first-order chi connectivity index (χ1) is 10.4. The van der Waals surface area contributed by atoms with Crippen LogP contribution in [-0.4, -0.2) is 16.8 Å². The van der Waals surface area contributed by atoms with Crippen molar-refractivity contribution in [1.82, 2.24) is 4.98 Å². The summed E-state index contributed by atoms with van der Waals surface area (Å²) in [6.45, 7) is 7.15. The molecule has 2 amide bonds. The normalized spacial score (nSPS) is 10.2. The van der Waals surface area contributed by atoms with Crippen molar-refractivity contribution in [3.05, 3.63) is 52.8 Å². The molecule has 0 unspecified atom stereocenters. The van der Waals surface area contributed by atoms with Crippen LogP contribution in [0, 0.1) is 20.8 Å². The van der Waals surface area contributed by atoms with Gasteiger partial charge in [0.05, 0.1) is 11.4 Å². The quantitative estimate of drug-likeness (QED) is 0.913. The van der Waals surface area contributed by atoms with Crippen LogP contribution in [0.1, 0.15) is 34.2 Å². The lowest BCUT2D eigenvalue weighted by Gasteiger charge is -2.12. The average molecular weight is 297 g/mol. The molecular weight excluding hydrogens is 278 g/mol. The van der Waals surface area contributed by atoms with Gasteiger partial charge in [-0.15, -0.1) is 0 Å². The molecule has 2 rings (SSSR count).